The first-order chi connectivity index (χ1) is 17.5. The van der Waals surface area contributed by atoms with Gasteiger partial charge in [-0.3, -0.25) is 14.5 Å². The number of anilines is 5. The summed E-state index contributed by atoms with van der Waals surface area (Å²) in [7, 11) is 0. The molecule has 0 spiro atoms. The molecule has 9 heteroatoms. The van der Waals surface area contributed by atoms with Gasteiger partial charge in [-0.2, -0.15) is 10.1 Å². The normalized spacial score (nSPS) is 11.0. The van der Waals surface area contributed by atoms with Gasteiger partial charge in [-0.05, 0) is 43.4 Å². The highest BCUT2D eigenvalue weighted by molar-refractivity contribution is 5.78. The van der Waals surface area contributed by atoms with Crippen LogP contribution in [0.3, 0.4) is 0 Å². The molecule has 0 bridgehead atoms. The molecule has 0 unspecified atom stereocenters. The minimum Gasteiger partial charge on any atom is -0.394 e. The maximum absolute atomic E-state index is 11.7. The quantitative estimate of drug-likeness (QED) is 0.132. The average Bonchev–Trinajstić information content (AvgIpc) is 3.33. The van der Waals surface area contributed by atoms with E-state index in [0.29, 0.717) is 29.7 Å². The van der Waals surface area contributed by atoms with Gasteiger partial charge >= 0.3 is 0 Å². The number of Topliss-reactive ketones (excluding diaryl/α,β-unsaturated/α-hetero) is 1. The molecule has 3 aromatic rings. The number of carbonyl (C=O) groups excluding carboxylic acids is 1. The van der Waals surface area contributed by atoms with Gasteiger partial charge in [-0.1, -0.05) is 51.7 Å². The number of unbranched alkanes of at least 4 members (excludes halogenated alkanes) is 4. The van der Waals surface area contributed by atoms with Crippen LogP contribution >= 0.6 is 0 Å². The number of aryl methyl sites for hydroxylation is 2. The second kappa shape index (κ2) is 14.2. The van der Waals surface area contributed by atoms with Gasteiger partial charge < -0.3 is 11.1 Å². The summed E-state index contributed by atoms with van der Waals surface area (Å²) in [5, 5.41) is 9.08. The molecule has 9 nitrogen and oxygen atoms in total. The Morgan fingerprint density at radius 1 is 1.00 bits per heavy atom. The largest absolute Gasteiger partial charge is 0.394 e. The third-order valence-corrected chi connectivity index (χ3v) is 6.07. The van der Waals surface area contributed by atoms with Crippen LogP contribution in [0, 0.1) is 0 Å². The highest BCUT2D eigenvalue weighted by Gasteiger charge is 2.13. The molecular weight excluding hydrogens is 452 g/mol. The second-order valence-corrected chi connectivity index (χ2v) is 9.18. The molecular formula is C27H40N8O. The highest BCUT2D eigenvalue weighted by atomic mass is 16.1. The molecule has 0 aliphatic rings. The molecule has 0 amide bonds. The lowest BCUT2D eigenvalue weighted by molar-refractivity contribution is -0.119. The van der Waals surface area contributed by atoms with Crippen LogP contribution in [0.5, 0.6) is 0 Å². The number of hydrogen-bond acceptors (Lipinski definition) is 8. The summed E-state index contributed by atoms with van der Waals surface area (Å²) in [6.45, 7) is 5.10. The number of rotatable bonds is 16. The zero-order valence-electron chi connectivity index (χ0n) is 21.6. The Bertz CT molecular complexity index is 1080. The standard InChI is InChI=1S/C27H40N8O/c1-3-5-11-24(36)12-8-6-7-9-17-34-20-22(18-31-34)32-27-30-19-25(28)26(33-27)35(29)23-15-13-21(10-4-2)14-16-23/h13-16,18-20H,3-12,17,28-29H2,1-2H3,(H,30,32,33). The summed E-state index contributed by atoms with van der Waals surface area (Å²) < 4.78 is 1.90. The van der Waals surface area contributed by atoms with Crippen LogP contribution in [0.2, 0.25) is 0 Å². The highest BCUT2D eigenvalue weighted by Crippen LogP contribution is 2.27. The molecule has 0 radical (unpaired) electrons. The van der Waals surface area contributed by atoms with Gasteiger partial charge in [0.2, 0.25) is 5.95 Å². The van der Waals surface area contributed by atoms with Crippen LogP contribution < -0.4 is 21.9 Å². The fourth-order valence-electron chi connectivity index (χ4n) is 4.00. The number of hydrazine groups is 1. The van der Waals surface area contributed by atoms with E-state index in [2.05, 4.69) is 46.4 Å². The Hall–Kier alpha value is -3.46. The summed E-state index contributed by atoms with van der Waals surface area (Å²) in [6.07, 6.45) is 15.0. The van der Waals surface area contributed by atoms with Crippen molar-refractivity contribution in [1.82, 2.24) is 19.7 Å². The van der Waals surface area contributed by atoms with E-state index in [-0.39, 0.29) is 0 Å². The Labute approximate surface area is 214 Å². The molecule has 194 valence electrons. The van der Waals surface area contributed by atoms with Gasteiger partial charge in [0.15, 0.2) is 5.82 Å². The van der Waals surface area contributed by atoms with Gasteiger partial charge in [0, 0.05) is 25.6 Å². The van der Waals surface area contributed by atoms with E-state index in [9.17, 15) is 4.79 Å². The SMILES string of the molecule is CCCCC(=O)CCCCCCn1cc(Nc2ncc(N)c(N(N)c3ccc(CCC)cc3)n2)cn1. The smallest absolute Gasteiger partial charge is 0.229 e. The van der Waals surface area contributed by atoms with Crippen LogP contribution in [0.1, 0.15) is 77.2 Å². The van der Waals surface area contributed by atoms with Crippen LogP contribution in [-0.2, 0) is 17.8 Å². The minimum absolute atomic E-state index is 0.392. The average molecular weight is 493 g/mol. The number of nitrogens with two attached hydrogens (primary N) is 2. The van der Waals surface area contributed by atoms with Gasteiger partial charge in [0.25, 0.3) is 0 Å². The van der Waals surface area contributed by atoms with Crippen LogP contribution in [0.25, 0.3) is 0 Å². The second-order valence-electron chi connectivity index (χ2n) is 9.18. The van der Waals surface area contributed by atoms with Gasteiger partial charge in [-0.25, -0.2) is 10.8 Å². The summed E-state index contributed by atoms with van der Waals surface area (Å²) in [6, 6.07) is 8.07. The van der Waals surface area contributed by atoms with Crippen molar-refractivity contribution < 1.29 is 4.79 Å². The summed E-state index contributed by atoms with van der Waals surface area (Å²) >= 11 is 0. The van der Waals surface area contributed by atoms with E-state index < -0.39 is 0 Å². The van der Waals surface area contributed by atoms with E-state index in [0.717, 1.165) is 75.7 Å². The molecule has 0 atom stereocenters. The van der Waals surface area contributed by atoms with Crippen LogP contribution in [-0.4, -0.2) is 25.5 Å². The molecule has 36 heavy (non-hydrogen) atoms. The molecule has 5 N–H and O–H groups in total. The topological polar surface area (TPSA) is 128 Å². The lowest BCUT2D eigenvalue weighted by Crippen LogP contribution is -2.27. The predicted molar refractivity (Wildman–Crippen MR) is 146 cm³/mol. The number of aromatic nitrogens is 4. The summed E-state index contributed by atoms with van der Waals surface area (Å²) in [5.41, 5.74) is 9.37. The lowest BCUT2D eigenvalue weighted by Gasteiger charge is -2.20. The maximum atomic E-state index is 11.7. The number of carbonyl (C=O) groups is 1. The number of nitrogen functional groups attached to an aromatic ring is 1. The predicted octanol–water partition coefficient (Wildman–Crippen LogP) is 5.67. The van der Waals surface area contributed by atoms with Crippen molar-refractivity contribution in [3.8, 4) is 0 Å². The maximum Gasteiger partial charge on any atom is 0.229 e. The van der Waals surface area contributed by atoms with Crippen molar-refractivity contribution in [2.24, 2.45) is 5.84 Å². The molecule has 0 fully saturated rings. The Morgan fingerprint density at radius 3 is 2.50 bits per heavy atom. The van der Waals surface area contributed by atoms with Gasteiger partial charge in [0.1, 0.15) is 5.78 Å². The van der Waals surface area contributed by atoms with Crippen molar-refractivity contribution in [1.29, 1.82) is 0 Å². The molecule has 2 heterocycles. The molecule has 0 saturated heterocycles. The summed E-state index contributed by atoms with van der Waals surface area (Å²) in [5.74, 6) is 7.55. The third-order valence-electron chi connectivity index (χ3n) is 6.07. The van der Waals surface area contributed by atoms with E-state index >= 15 is 0 Å². The van der Waals surface area contributed by atoms with Crippen molar-refractivity contribution in [2.45, 2.75) is 84.6 Å². The molecule has 0 aliphatic carbocycles. The Morgan fingerprint density at radius 2 is 1.75 bits per heavy atom. The fourth-order valence-corrected chi connectivity index (χ4v) is 4.00. The minimum atomic E-state index is 0.392. The van der Waals surface area contributed by atoms with E-state index in [4.69, 9.17) is 11.6 Å². The number of nitrogens with zero attached hydrogens (tertiary/aromatic N) is 5. The third kappa shape index (κ3) is 8.34. The van der Waals surface area contributed by atoms with Crippen LogP contribution in [0.15, 0.2) is 42.9 Å². The Balaban J connectivity index is 1.49. The van der Waals surface area contributed by atoms with Crippen molar-refractivity contribution in [3.63, 3.8) is 0 Å². The molecule has 2 aromatic heterocycles. The number of nitrogens with one attached hydrogen (secondary N) is 1. The molecule has 3 rings (SSSR count). The zero-order chi connectivity index (χ0) is 25.8. The first kappa shape index (κ1) is 27.1. The Kier molecular flexibility index (Phi) is 10.7. The monoisotopic (exact) mass is 492 g/mol. The van der Waals surface area contributed by atoms with Crippen molar-refractivity contribution in [2.75, 3.05) is 16.1 Å². The number of benzene rings is 1. The van der Waals surface area contributed by atoms with Crippen molar-refractivity contribution in [3.05, 3.63) is 48.4 Å². The lowest BCUT2D eigenvalue weighted by atomic mass is 10.1. The fraction of sp³-hybridized carbons (Fsp3) is 0.481. The summed E-state index contributed by atoms with van der Waals surface area (Å²) in [4.78, 5) is 20.6. The van der Waals surface area contributed by atoms with Gasteiger partial charge in [-0.15, -0.1) is 0 Å². The molecule has 1 aromatic carbocycles. The van der Waals surface area contributed by atoms with E-state index in [1.165, 1.54) is 10.6 Å². The van der Waals surface area contributed by atoms with E-state index in [1.54, 1.807) is 12.4 Å². The van der Waals surface area contributed by atoms with Crippen molar-refractivity contribution >= 4 is 34.6 Å². The zero-order valence-corrected chi connectivity index (χ0v) is 21.6. The molecule has 0 aliphatic heterocycles. The molecule has 0 saturated carbocycles. The first-order valence-corrected chi connectivity index (χ1v) is 13.1. The number of ketones is 1. The number of hydrogen-bond donors (Lipinski definition) is 3. The first-order valence-electron chi connectivity index (χ1n) is 13.1. The van der Waals surface area contributed by atoms with E-state index in [1.807, 2.05) is 23.0 Å². The van der Waals surface area contributed by atoms with Crippen LogP contribution in [0.4, 0.5) is 28.8 Å². The van der Waals surface area contributed by atoms with Gasteiger partial charge in [0.05, 0.1) is 29.5 Å².